The third-order valence-electron chi connectivity index (χ3n) is 3.90. The number of nitrogens with zero attached hydrogens (tertiary/aromatic N) is 1. The summed E-state index contributed by atoms with van der Waals surface area (Å²) < 4.78 is 31.1. The Hall–Kier alpha value is -2.15. The van der Waals surface area contributed by atoms with Crippen molar-refractivity contribution >= 4 is 33.5 Å². The lowest BCUT2D eigenvalue weighted by Gasteiger charge is -2.27. The van der Waals surface area contributed by atoms with Crippen molar-refractivity contribution in [2.75, 3.05) is 13.2 Å². The second kappa shape index (κ2) is 9.69. The highest BCUT2D eigenvalue weighted by atomic mass is 35.5. The van der Waals surface area contributed by atoms with Crippen LogP contribution in [0.4, 0.5) is 0 Å². The molecule has 0 unspecified atom stereocenters. The summed E-state index contributed by atoms with van der Waals surface area (Å²) in [5, 5.41) is 12.0. The number of hydrogen-bond acceptors (Lipinski definition) is 6. The number of hydrogen-bond donors (Lipinski definition) is 2. The van der Waals surface area contributed by atoms with Crippen LogP contribution in [0.1, 0.15) is 27.2 Å². The highest BCUT2D eigenvalue weighted by molar-refractivity contribution is 7.89. The minimum Gasteiger partial charge on any atom is -0.456 e. The van der Waals surface area contributed by atoms with E-state index in [1.165, 1.54) is 24.3 Å². The van der Waals surface area contributed by atoms with Gasteiger partial charge in [-0.2, -0.15) is 5.26 Å². The normalized spacial score (nSPS) is 13.5. The summed E-state index contributed by atoms with van der Waals surface area (Å²) in [6.07, 6.45) is -0.250. The molecule has 27 heavy (non-hydrogen) atoms. The number of carbonyl (C=O) groups excluding carboxylic acids is 2. The number of halogens is 1. The SMILES string of the molecule is CC(C)[C@@](C)(C#N)NC(=O)COC(=O)CCNS(=O)(=O)c1ccc(Cl)cc1. The van der Waals surface area contributed by atoms with E-state index in [0.717, 1.165) is 0 Å². The molecule has 0 saturated carbocycles. The van der Waals surface area contributed by atoms with Crippen LogP contribution in [-0.4, -0.2) is 39.0 Å². The molecular weight excluding hydrogens is 394 g/mol. The molecule has 0 bridgehead atoms. The van der Waals surface area contributed by atoms with Crippen molar-refractivity contribution in [3.63, 3.8) is 0 Å². The van der Waals surface area contributed by atoms with E-state index >= 15 is 0 Å². The Kier molecular flexibility index (Phi) is 8.21. The summed E-state index contributed by atoms with van der Waals surface area (Å²) >= 11 is 5.71. The van der Waals surface area contributed by atoms with E-state index in [0.29, 0.717) is 5.02 Å². The smallest absolute Gasteiger partial charge is 0.307 e. The number of esters is 1. The van der Waals surface area contributed by atoms with Crippen LogP contribution in [-0.2, 0) is 24.3 Å². The van der Waals surface area contributed by atoms with E-state index in [1.807, 2.05) is 6.07 Å². The molecule has 0 aliphatic rings. The molecular formula is C17H22ClN3O5S. The molecule has 0 heterocycles. The Morgan fingerprint density at radius 1 is 1.30 bits per heavy atom. The Morgan fingerprint density at radius 3 is 2.41 bits per heavy atom. The van der Waals surface area contributed by atoms with E-state index in [9.17, 15) is 18.0 Å². The summed E-state index contributed by atoms with van der Waals surface area (Å²) in [6, 6.07) is 7.57. The maximum atomic E-state index is 12.0. The first-order valence-electron chi connectivity index (χ1n) is 8.13. The largest absolute Gasteiger partial charge is 0.456 e. The highest BCUT2D eigenvalue weighted by Gasteiger charge is 2.30. The molecule has 0 aliphatic heterocycles. The zero-order valence-corrected chi connectivity index (χ0v) is 16.9. The average molecular weight is 416 g/mol. The minimum absolute atomic E-state index is 0.0177. The van der Waals surface area contributed by atoms with E-state index < -0.39 is 34.0 Å². The second-order valence-corrected chi connectivity index (χ2v) is 8.48. The summed E-state index contributed by atoms with van der Waals surface area (Å²) in [7, 11) is -3.77. The van der Waals surface area contributed by atoms with E-state index in [2.05, 4.69) is 10.0 Å². The number of ether oxygens (including phenoxy) is 1. The monoisotopic (exact) mass is 415 g/mol. The predicted octanol–water partition coefficient (Wildman–Crippen LogP) is 1.61. The first-order chi connectivity index (χ1) is 12.5. The first kappa shape index (κ1) is 22.9. The molecule has 148 valence electrons. The topological polar surface area (TPSA) is 125 Å². The molecule has 10 heteroatoms. The van der Waals surface area contributed by atoms with E-state index in [-0.39, 0.29) is 23.8 Å². The summed E-state index contributed by atoms with van der Waals surface area (Å²) in [6.45, 7) is 4.40. The van der Waals surface area contributed by atoms with Gasteiger partial charge >= 0.3 is 5.97 Å². The molecule has 1 amide bonds. The van der Waals surface area contributed by atoms with Crippen molar-refractivity contribution in [1.82, 2.24) is 10.0 Å². The molecule has 0 aliphatic carbocycles. The average Bonchev–Trinajstić information content (AvgIpc) is 2.60. The number of carbonyl (C=O) groups is 2. The van der Waals surface area contributed by atoms with Crippen LogP contribution < -0.4 is 10.0 Å². The number of nitriles is 1. The number of nitrogens with one attached hydrogen (secondary N) is 2. The highest BCUT2D eigenvalue weighted by Crippen LogP contribution is 2.15. The lowest BCUT2D eigenvalue weighted by atomic mass is 9.90. The molecule has 0 fully saturated rings. The van der Waals surface area contributed by atoms with Crippen molar-refractivity contribution in [1.29, 1.82) is 5.26 Å². The molecule has 0 saturated heterocycles. The van der Waals surface area contributed by atoms with Crippen LogP contribution in [0.15, 0.2) is 29.2 Å². The van der Waals surface area contributed by atoms with Crippen molar-refractivity contribution < 1.29 is 22.7 Å². The molecule has 0 aromatic heterocycles. The Balaban J connectivity index is 2.42. The van der Waals surface area contributed by atoms with Crippen molar-refractivity contribution in [2.24, 2.45) is 5.92 Å². The van der Waals surface area contributed by atoms with Gasteiger partial charge in [0.15, 0.2) is 6.61 Å². The fraction of sp³-hybridized carbons (Fsp3) is 0.471. The summed E-state index contributed by atoms with van der Waals surface area (Å²) in [4.78, 5) is 23.5. The lowest BCUT2D eigenvalue weighted by molar-refractivity contribution is -0.148. The van der Waals surface area contributed by atoms with Crippen LogP contribution in [0.2, 0.25) is 5.02 Å². The van der Waals surface area contributed by atoms with Gasteiger partial charge in [0.05, 0.1) is 17.4 Å². The van der Waals surface area contributed by atoms with Crippen LogP contribution in [0.5, 0.6) is 0 Å². The zero-order chi connectivity index (χ0) is 20.7. The van der Waals surface area contributed by atoms with Gasteiger partial charge in [-0.15, -0.1) is 0 Å². The van der Waals surface area contributed by atoms with E-state index in [1.54, 1.807) is 20.8 Å². The molecule has 8 nitrogen and oxygen atoms in total. The molecule has 1 aromatic rings. The first-order valence-corrected chi connectivity index (χ1v) is 9.99. The number of rotatable bonds is 9. The van der Waals surface area contributed by atoms with Gasteiger partial charge in [-0.05, 0) is 37.1 Å². The Bertz CT molecular complexity index is 818. The third-order valence-corrected chi connectivity index (χ3v) is 5.62. The van der Waals surface area contributed by atoms with Gasteiger partial charge in [0.1, 0.15) is 5.54 Å². The Morgan fingerprint density at radius 2 is 1.89 bits per heavy atom. The maximum absolute atomic E-state index is 12.0. The molecule has 0 radical (unpaired) electrons. The summed E-state index contributed by atoms with van der Waals surface area (Å²) in [5.74, 6) is -1.49. The fourth-order valence-electron chi connectivity index (χ4n) is 1.83. The van der Waals surface area contributed by atoms with Gasteiger partial charge in [0, 0.05) is 11.6 Å². The van der Waals surface area contributed by atoms with Gasteiger partial charge in [-0.25, -0.2) is 13.1 Å². The summed E-state index contributed by atoms with van der Waals surface area (Å²) in [5.41, 5.74) is -1.07. The number of benzene rings is 1. The van der Waals surface area contributed by atoms with Crippen LogP contribution in [0.3, 0.4) is 0 Å². The van der Waals surface area contributed by atoms with E-state index in [4.69, 9.17) is 21.6 Å². The standard InChI is InChI=1S/C17H22ClN3O5S/c1-12(2)17(3,11-19)21-15(22)10-26-16(23)8-9-20-27(24,25)14-6-4-13(18)5-7-14/h4-7,12,20H,8-10H2,1-3H3,(H,21,22)/t17-/m1/s1. The third kappa shape index (κ3) is 7.17. The Labute approximate surface area is 163 Å². The molecule has 1 atom stereocenters. The molecule has 2 N–H and O–H groups in total. The van der Waals surface area contributed by atoms with Gasteiger partial charge in [-0.3, -0.25) is 9.59 Å². The van der Waals surface area contributed by atoms with Gasteiger partial charge in [-0.1, -0.05) is 25.4 Å². The van der Waals surface area contributed by atoms with Crippen molar-refractivity contribution in [2.45, 2.75) is 37.6 Å². The molecule has 0 spiro atoms. The van der Waals surface area contributed by atoms with Crippen LogP contribution >= 0.6 is 11.6 Å². The van der Waals surface area contributed by atoms with Crippen LogP contribution in [0.25, 0.3) is 0 Å². The number of sulfonamides is 1. The minimum atomic E-state index is -3.77. The van der Waals surface area contributed by atoms with Gasteiger partial charge < -0.3 is 10.1 Å². The van der Waals surface area contributed by atoms with Gasteiger partial charge in [0.2, 0.25) is 10.0 Å². The van der Waals surface area contributed by atoms with Crippen molar-refractivity contribution in [3.8, 4) is 6.07 Å². The lowest BCUT2D eigenvalue weighted by Crippen LogP contribution is -2.50. The predicted molar refractivity (Wildman–Crippen MR) is 99.2 cm³/mol. The maximum Gasteiger partial charge on any atom is 0.307 e. The zero-order valence-electron chi connectivity index (χ0n) is 15.3. The van der Waals surface area contributed by atoms with Crippen molar-refractivity contribution in [3.05, 3.63) is 29.3 Å². The fourth-order valence-corrected chi connectivity index (χ4v) is 2.99. The molecule has 1 aromatic carbocycles. The number of amides is 1. The molecule has 1 rings (SSSR count). The van der Waals surface area contributed by atoms with Crippen LogP contribution in [0, 0.1) is 17.2 Å². The second-order valence-electron chi connectivity index (χ2n) is 6.28. The van der Waals surface area contributed by atoms with Gasteiger partial charge in [0.25, 0.3) is 5.91 Å². The quantitative estimate of drug-likeness (QED) is 0.590.